The summed E-state index contributed by atoms with van der Waals surface area (Å²) in [5.41, 5.74) is 3.84. The number of carbonyl (C=O) groups excluding carboxylic acids is 2. The number of nitrogens with one attached hydrogen (secondary N) is 1. The summed E-state index contributed by atoms with van der Waals surface area (Å²) in [5, 5.41) is 2.96. The molecule has 3 aromatic carbocycles. The number of hydrogen-bond donors (Lipinski definition) is 1. The van der Waals surface area contributed by atoms with Gasteiger partial charge in [0.25, 0.3) is 11.8 Å². The lowest BCUT2D eigenvalue weighted by Gasteiger charge is -2.30. The molecule has 1 N–H and O–H groups in total. The van der Waals surface area contributed by atoms with Gasteiger partial charge in [0.15, 0.2) is 0 Å². The van der Waals surface area contributed by atoms with E-state index in [1.807, 2.05) is 72.5 Å². The molecule has 0 atom stereocenters. The van der Waals surface area contributed by atoms with Gasteiger partial charge in [-0.25, -0.2) is 0 Å². The quantitative estimate of drug-likeness (QED) is 0.661. The van der Waals surface area contributed by atoms with Crippen LogP contribution in [-0.2, 0) is 6.42 Å². The molecule has 3 aromatic rings. The van der Waals surface area contributed by atoms with Crippen LogP contribution < -0.4 is 15.0 Å². The highest BCUT2D eigenvalue weighted by molar-refractivity contribution is 6.08. The minimum absolute atomic E-state index is 0.000947. The van der Waals surface area contributed by atoms with Crippen molar-refractivity contribution in [1.82, 2.24) is 0 Å². The molecule has 1 aliphatic rings. The lowest BCUT2D eigenvalue weighted by molar-refractivity contribution is 0.0983. The molecule has 0 saturated carbocycles. The van der Waals surface area contributed by atoms with Crippen molar-refractivity contribution < 1.29 is 14.3 Å². The van der Waals surface area contributed by atoms with Crippen LogP contribution in [0.15, 0.2) is 72.8 Å². The summed E-state index contributed by atoms with van der Waals surface area (Å²) in [7, 11) is 0. The molecular formula is C25H24N2O3. The van der Waals surface area contributed by atoms with Gasteiger partial charge in [-0.1, -0.05) is 30.3 Å². The van der Waals surface area contributed by atoms with Crippen LogP contribution in [0.1, 0.15) is 39.6 Å². The molecule has 1 aliphatic heterocycles. The first-order valence-electron chi connectivity index (χ1n) is 10.2. The van der Waals surface area contributed by atoms with E-state index in [9.17, 15) is 9.59 Å². The molecule has 5 nitrogen and oxygen atoms in total. The Bertz CT molecular complexity index is 1060. The third-order valence-electron chi connectivity index (χ3n) is 5.15. The Hall–Kier alpha value is -3.60. The summed E-state index contributed by atoms with van der Waals surface area (Å²) in [6.45, 7) is 3.07. The van der Waals surface area contributed by atoms with Gasteiger partial charge in [-0.05, 0) is 67.8 Å². The van der Waals surface area contributed by atoms with Gasteiger partial charge < -0.3 is 15.0 Å². The van der Waals surface area contributed by atoms with E-state index in [1.165, 1.54) is 0 Å². The standard InChI is InChI=1S/C25H24N2O3/c1-2-30-23-13-7-6-12-21(23)24(28)26-20-14-15-22-19(17-20)11-8-16-27(22)25(29)18-9-4-3-5-10-18/h3-7,9-10,12-15,17H,2,8,11,16H2,1H3,(H,26,28). The highest BCUT2D eigenvalue weighted by atomic mass is 16.5. The lowest BCUT2D eigenvalue weighted by atomic mass is 10.00. The van der Waals surface area contributed by atoms with Gasteiger partial charge in [-0.2, -0.15) is 0 Å². The molecule has 30 heavy (non-hydrogen) atoms. The zero-order chi connectivity index (χ0) is 20.9. The molecule has 4 rings (SSSR count). The molecule has 0 aromatic heterocycles. The van der Waals surface area contributed by atoms with Crippen molar-refractivity contribution in [1.29, 1.82) is 0 Å². The van der Waals surface area contributed by atoms with E-state index in [1.54, 1.807) is 12.1 Å². The fourth-order valence-corrected chi connectivity index (χ4v) is 3.76. The zero-order valence-electron chi connectivity index (χ0n) is 16.9. The number of ether oxygens (including phenoxy) is 1. The van der Waals surface area contributed by atoms with Crippen LogP contribution in [0.5, 0.6) is 5.75 Å². The summed E-state index contributed by atoms with van der Waals surface area (Å²) in [5.74, 6) is 0.348. The van der Waals surface area contributed by atoms with Crippen molar-refractivity contribution in [2.24, 2.45) is 0 Å². The number of rotatable bonds is 5. The molecule has 5 heteroatoms. The van der Waals surface area contributed by atoms with Gasteiger partial charge in [0.2, 0.25) is 0 Å². The summed E-state index contributed by atoms with van der Waals surface area (Å²) < 4.78 is 5.56. The molecule has 1 heterocycles. The Morgan fingerprint density at radius 3 is 2.57 bits per heavy atom. The molecule has 0 saturated heterocycles. The first-order chi connectivity index (χ1) is 14.7. The monoisotopic (exact) mass is 400 g/mol. The van der Waals surface area contributed by atoms with Gasteiger partial charge in [0, 0.05) is 23.5 Å². The Kier molecular flexibility index (Phi) is 5.80. The molecule has 0 bridgehead atoms. The minimum atomic E-state index is -0.216. The number of fused-ring (bicyclic) bond motifs is 1. The second-order valence-electron chi connectivity index (χ2n) is 7.15. The average molecular weight is 400 g/mol. The highest BCUT2D eigenvalue weighted by Crippen LogP contribution is 2.31. The molecule has 0 fully saturated rings. The first kappa shape index (κ1) is 19.7. The first-order valence-corrected chi connectivity index (χ1v) is 10.2. The number of para-hydroxylation sites is 1. The van der Waals surface area contributed by atoms with Crippen LogP contribution in [0.25, 0.3) is 0 Å². The van der Waals surface area contributed by atoms with Crippen LogP contribution in [0.4, 0.5) is 11.4 Å². The van der Waals surface area contributed by atoms with Crippen LogP contribution >= 0.6 is 0 Å². The van der Waals surface area contributed by atoms with Crippen molar-refractivity contribution in [3.8, 4) is 5.75 Å². The Morgan fingerprint density at radius 1 is 1.00 bits per heavy atom. The number of anilines is 2. The van der Waals surface area contributed by atoms with Gasteiger partial charge in [0.1, 0.15) is 5.75 Å². The zero-order valence-corrected chi connectivity index (χ0v) is 16.9. The molecule has 0 unspecified atom stereocenters. The summed E-state index contributed by atoms with van der Waals surface area (Å²) >= 11 is 0. The molecule has 0 spiro atoms. The minimum Gasteiger partial charge on any atom is -0.493 e. The van der Waals surface area contributed by atoms with E-state index in [-0.39, 0.29) is 11.8 Å². The topological polar surface area (TPSA) is 58.6 Å². The highest BCUT2D eigenvalue weighted by Gasteiger charge is 2.24. The molecule has 152 valence electrons. The fourth-order valence-electron chi connectivity index (χ4n) is 3.76. The number of nitrogens with zero attached hydrogens (tertiary/aromatic N) is 1. The Morgan fingerprint density at radius 2 is 1.77 bits per heavy atom. The SMILES string of the molecule is CCOc1ccccc1C(=O)Nc1ccc2c(c1)CCCN2C(=O)c1ccccc1. The van der Waals surface area contributed by atoms with Crippen LogP contribution in [0, 0.1) is 0 Å². The van der Waals surface area contributed by atoms with E-state index in [2.05, 4.69) is 5.32 Å². The van der Waals surface area contributed by atoms with Crippen LogP contribution in [0.3, 0.4) is 0 Å². The third kappa shape index (κ3) is 4.06. The maximum absolute atomic E-state index is 13.0. The van der Waals surface area contributed by atoms with Crippen molar-refractivity contribution >= 4 is 23.2 Å². The summed E-state index contributed by atoms with van der Waals surface area (Å²) in [4.78, 5) is 27.6. The number of carbonyl (C=O) groups is 2. The average Bonchev–Trinajstić information content (AvgIpc) is 2.79. The van der Waals surface area contributed by atoms with Crippen molar-refractivity contribution in [2.75, 3.05) is 23.4 Å². The third-order valence-corrected chi connectivity index (χ3v) is 5.15. The molecule has 0 radical (unpaired) electrons. The number of aryl methyl sites for hydroxylation is 1. The smallest absolute Gasteiger partial charge is 0.259 e. The van der Waals surface area contributed by atoms with Crippen molar-refractivity contribution in [3.63, 3.8) is 0 Å². The predicted octanol–water partition coefficient (Wildman–Crippen LogP) is 4.93. The van der Waals surface area contributed by atoms with Crippen LogP contribution in [-0.4, -0.2) is 25.0 Å². The predicted molar refractivity (Wildman–Crippen MR) is 118 cm³/mol. The molecule has 2 amide bonds. The Labute approximate surface area is 176 Å². The van der Waals surface area contributed by atoms with Gasteiger partial charge in [-0.15, -0.1) is 0 Å². The van der Waals surface area contributed by atoms with Gasteiger partial charge >= 0.3 is 0 Å². The van der Waals surface area contributed by atoms with E-state index in [0.29, 0.717) is 35.7 Å². The van der Waals surface area contributed by atoms with Gasteiger partial charge in [-0.3, -0.25) is 9.59 Å². The number of amides is 2. The Balaban J connectivity index is 1.56. The maximum Gasteiger partial charge on any atom is 0.259 e. The summed E-state index contributed by atoms with van der Waals surface area (Å²) in [6, 6.07) is 22.2. The molecular weight excluding hydrogens is 376 g/mol. The van der Waals surface area contributed by atoms with E-state index < -0.39 is 0 Å². The second-order valence-corrected chi connectivity index (χ2v) is 7.15. The van der Waals surface area contributed by atoms with E-state index in [4.69, 9.17) is 4.74 Å². The lowest BCUT2D eigenvalue weighted by Crippen LogP contribution is -2.35. The maximum atomic E-state index is 13.0. The van der Waals surface area contributed by atoms with Crippen molar-refractivity contribution in [2.45, 2.75) is 19.8 Å². The summed E-state index contributed by atoms with van der Waals surface area (Å²) in [6.07, 6.45) is 1.75. The normalized spacial score (nSPS) is 12.8. The number of hydrogen-bond acceptors (Lipinski definition) is 3. The molecule has 0 aliphatic carbocycles. The largest absolute Gasteiger partial charge is 0.493 e. The van der Waals surface area contributed by atoms with E-state index in [0.717, 1.165) is 24.1 Å². The second kappa shape index (κ2) is 8.82. The van der Waals surface area contributed by atoms with E-state index >= 15 is 0 Å². The van der Waals surface area contributed by atoms with Crippen molar-refractivity contribution in [3.05, 3.63) is 89.5 Å². The fraction of sp³-hybridized carbons (Fsp3) is 0.200. The van der Waals surface area contributed by atoms with Crippen LogP contribution in [0.2, 0.25) is 0 Å². The van der Waals surface area contributed by atoms with Gasteiger partial charge in [0.05, 0.1) is 12.2 Å². The number of benzene rings is 3.